The molecule has 0 aliphatic carbocycles. The van der Waals surface area contributed by atoms with E-state index in [4.69, 9.17) is 0 Å². The number of rotatable bonds is 6. The van der Waals surface area contributed by atoms with Crippen LogP contribution in [-0.2, 0) is 18.9 Å². The second kappa shape index (κ2) is 10.5. The second-order valence-electron chi connectivity index (χ2n) is 8.75. The van der Waals surface area contributed by atoms with Crippen LogP contribution >= 0.6 is 0 Å². The summed E-state index contributed by atoms with van der Waals surface area (Å²) in [5.41, 5.74) is -4.70. The normalized spacial score (nSPS) is 15.4. The lowest BCUT2D eigenvalue weighted by molar-refractivity contribution is -0.139. The smallest absolute Gasteiger partial charge is 0.379 e. The van der Waals surface area contributed by atoms with Gasteiger partial charge < -0.3 is 19.7 Å². The van der Waals surface area contributed by atoms with Gasteiger partial charge in [-0.25, -0.2) is 15.1 Å². The number of aromatic nitrogens is 5. The van der Waals surface area contributed by atoms with E-state index in [0.717, 1.165) is 10.8 Å². The Balaban J connectivity index is 1.38. The molecule has 3 aromatic heterocycles. The summed E-state index contributed by atoms with van der Waals surface area (Å²) in [5.74, 6) is -1.46. The number of nitrogens with zero attached hydrogens (tertiary/aromatic N) is 6. The Morgan fingerprint density at radius 3 is 2.28 bits per heavy atom. The van der Waals surface area contributed by atoms with Crippen LogP contribution in [0, 0.1) is 5.95 Å². The number of halogens is 7. The molecule has 39 heavy (non-hydrogen) atoms. The Labute approximate surface area is 215 Å². The SMILES string of the molecule is CC(Cn1ccc(C(=O)N2CCN(c3ncc(C(F)(F)F)cn3)CC2)c1F)Nc1cn[nH]c(=O)c1C(F)(F)F. The molecule has 1 unspecified atom stereocenters. The third-order valence-corrected chi connectivity index (χ3v) is 5.95. The number of amides is 1. The highest BCUT2D eigenvalue weighted by molar-refractivity contribution is 5.94. The zero-order valence-electron chi connectivity index (χ0n) is 20.1. The van der Waals surface area contributed by atoms with E-state index in [9.17, 15) is 35.9 Å². The highest BCUT2D eigenvalue weighted by Crippen LogP contribution is 2.32. The van der Waals surface area contributed by atoms with Gasteiger partial charge in [0.1, 0.15) is 5.56 Å². The first-order valence-electron chi connectivity index (χ1n) is 11.4. The molecule has 0 saturated carbocycles. The summed E-state index contributed by atoms with van der Waals surface area (Å²) in [6, 6.07) is 0.442. The molecule has 0 spiro atoms. The third kappa shape index (κ3) is 6.12. The molecule has 17 heteroatoms. The van der Waals surface area contributed by atoms with E-state index < -0.39 is 52.6 Å². The van der Waals surface area contributed by atoms with E-state index in [2.05, 4.69) is 20.4 Å². The van der Waals surface area contributed by atoms with Gasteiger partial charge in [-0.2, -0.15) is 35.8 Å². The number of piperazine rings is 1. The van der Waals surface area contributed by atoms with Crippen LogP contribution in [0.15, 0.2) is 35.6 Å². The fraction of sp³-hybridized carbons (Fsp3) is 0.409. The topological polar surface area (TPSA) is 112 Å². The molecule has 2 N–H and O–H groups in total. The van der Waals surface area contributed by atoms with E-state index in [-0.39, 0.29) is 44.2 Å². The van der Waals surface area contributed by atoms with Gasteiger partial charge in [-0.1, -0.05) is 0 Å². The number of H-pyrrole nitrogens is 1. The van der Waals surface area contributed by atoms with E-state index in [1.807, 2.05) is 0 Å². The Hall–Kier alpha value is -4.18. The van der Waals surface area contributed by atoms with Crippen molar-refractivity contribution in [1.29, 1.82) is 0 Å². The zero-order valence-corrected chi connectivity index (χ0v) is 20.1. The summed E-state index contributed by atoms with van der Waals surface area (Å²) in [6.45, 7) is 1.94. The Bertz CT molecular complexity index is 1380. The first kappa shape index (κ1) is 27.8. The van der Waals surface area contributed by atoms with Crippen molar-refractivity contribution < 1.29 is 35.5 Å². The number of hydrogen-bond donors (Lipinski definition) is 2. The van der Waals surface area contributed by atoms with Crippen LogP contribution in [0.1, 0.15) is 28.4 Å². The van der Waals surface area contributed by atoms with E-state index in [1.54, 1.807) is 10.00 Å². The number of carbonyl (C=O) groups excluding carboxylic acids is 1. The van der Waals surface area contributed by atoms with Gasteiger partial charge in [0.2, 0.25) is 11.9 Å². The summed E-state index contributed by atoms with van der Waals surface area (Å²) in [6.07, 6.45) is -6.10. The van der Waals surface area contributed by atoms with Crippen molar-refractivity contribution in [3.05, 3.63) is 63.8 Å². The lowest BCUT2D eigenvalue weighted by Crippen LogP contribution is -2.49. The van der Waals surface area contributed by atoms with Gasteiger partial charge in [0, 0.05) is 57.4 Å². The largest absolute Gasteiger partial charge is 0.423 e. The standard InChI is InChI=1S/C22H21F7N8O2/c1-12(33-15-10-32-34-18(38)16(15)22(27,28)29)11-37-3-2-14(17(37)23)19(39)35-4-6-36(7-5-35)20-30-8-13(9-31-20)21(24,25)26/h2-3,8-10,12H,4-7,11H2,1H3,(H2,33,34,38). The molecule has 0 radical (unpaired) electrons. The average molecular weight is 562 g/mol. The zero-order chi connectivity index (χ0) is 28.5. The van der Waals surface area contributed by atoms with Crippen LogP contribution < -0.4 is 15.8 Å². The number of carbonyl (C=O) groups is 1. The van der Waals surface area contributed by atoms with Crippen LogP contribution in [0.3, 0.4) is 0 Å². The maximum atomic E-state index is 15.1. The molecule has 0 bridgehead atoms. The van der Waals surface area contributed by atoms with Crippen LogP contribution in [0.25, 0.3) is 0 Å². The molecular formula is C22H21F7N8O2. The molecule has 3 aromatic rings. The van der Waals surface area contributed by atoms with Crippen molar-refractivity contribution in [2.45, 2.75) is 31.9 Å². The summed E-state index contributed by atoms with van der Waals surface area (Å²) < 4.78 is 94.0. The Kier molecular flexibility index (Phi) is 7.52. The summed E-state index contributed by atoms with van der Waals surface area (Å²) in [7, 11) is 0. The van der Waals surface area contributed by atoms with Crippen LogP contribution in [0.2, 0.25) is 0 Å². The molecule has 1 saturated heterocycles. The number of nitrogens with one attached hydrogen (secondary N) is 2. The van der Waals surface area contributed by atoms with Gasteiger partial charge >= 0.3 is 12.4 Å². The van der Waals surface area contributed by atoms with Crippen molar-refractivity contribution in [2.24, 2.45) is 0 Å². The van der Waals surface area contributed by atoms with E-state index in [0.29, 0.717) is 12.4 Å². The molecule has 4 rings (SSSR count). The lowest BCUT2D eigenvalue weighted by atomic mass is 10.2. The Morgan fingerprint density at radius 2 is 1.69 bits per heavy atom. The lowest BCUT2D eigenvalue weighted by Gasteiger charge is -2.34. The van der Waals surface area contributed by atoms with Crippen molar-refractivity contribution in [1.82, 2.24) is 29.6 Å². The van der Waals surface area contributed by atoms with Crippen molar-refractivity contribution in [3.8, 4) is 0 Å². The molecule has 1 aliphatic rings. The average Bonchev–Trinajstić information content (AvgIpc) is 3.22. The van der Waals surface area contributed by atoms with Crippen LogP contribution in [0.5, 0.6) is 0 Å². The maximum absolute atomic E-state index is 15.1. The minimum Gasteiger partial charge on any atom is -0.379 e. The number of alkyl halides is 6. The fourth-order valence-corrected chi connectivity index (χ4v) is 4.06. The summed E-state index contributed by atoms with van der Waals surface area (Å²) >= 11 is 0. The highest BCUT2D eigenvalue weighted by Gasteiger charge is 2.38. The number of anilines is 2. The third-order valence-electron chi connectivity index (χ3n) is 5.95. The number of hydrogen-bond acceptors (Lipinski definition) is 7. The quantitative estimate of drug-likeness (QED) is 0.445. The first-order valence-corrected chi connectivity index (χ1v) is 11.4. The van der Waals surface area contributed by atoms with Gasteiger partial charge in [0.25, 0.3) is 11.5 Å². The molecule has 1 aliphatic heterocycles. The maximum Gasteiger partial charge on any atom is 0.423 e. The van der Waals surface area contributed by atoms with Crippen molar-refractivity contribution >= 4 is 17.5 Å². The Morgan fingerprint density at radius 1 is 1.05 bits per heavy atom. The van der Waals surface area contributed by atoms with Crippen molar-refractivity contribution in [2.75, 3.05) is 36.4 Å². The van der Waals surface area contributed by atoms with E-state index in [1.165, 1.54) is 24.1 Å². The fourth-order valence-electron chi connectivity index (χ4n) is 4.06. The number of aromatic amines is 1. The molecule has 1 atom stereocenters. The monoisotopic (exact) mass is 562 g/mol. The minimum atomic E-state index is -4.94. The van der Waals surface area contributed by atoms with Crippen LogP contribution in [-0.4, -0.2) is 67.8 Å². The molecular weight excluding hydrogens is 541 g/mol. The van der Waals surface area contributed by atoms with Gasteiger partial charge in [-0.3, -0.25) is 9.59 Å². The van der Waals surface area contributed by atoms with Gasteiger partial charge in [0.15, 0.2) is 0 Å². The van der Waals surface area contributed by atoms with Gasteiger partial charge in [0.05, 0.1) is 23.0 Å². The first-order chi connectivity index (χ1) is 18.3. The summed E-state index contributed by atoms with van der Waals surface area (Å²) in [5, 5.41) is 7.59. The highest BCUT2D eigenvalue weighted by atomic mass is 19.4. The molecule has 1 fully saturated rings. The molecule has 1 amide bonds. The van der Waals surface area contributed by atoms with Crippen LogP contribution in [0.4, 0.5) is 42.4 Å². The predicted octanol–water partition coefficient (Wildman–Crippen LogP) is 3.00. The molecule has 210 valence electrons. The second-order valence-corrected chi connectivity index (χ2v) is 8.75. The van der Waals surface area contributed by atoms with E-state index >= 15 is 4.39 Å². The predicted molar refractivity (Wildman–Crippen MR) is 122 cm³/mol. The molecule has 0 aromatic carbocycles. The summed E-state index contributed by atoms with van der Waals surface area (Å²) in [4.78, 5) is 35.0. The van der Waals surface area contributed by atoms with Gasteiger partial charge in [-0.15, -0.1) is 0 Å². The molecule has 4 heterocycles. The van der Waals surface area contributed by atoms with Crippen molar-refractivity contribution in [3.63, 3.8) is 0 Å². The van der Waals surface area contributed by atoms with Gasteiger partial charge in [-0.05, 0) is 13.0 Å². The molecule has 10 nitrogen and oxygen atoms in total. The minimum absolute atomic E-state index is 0.0678.